The van der Waals surface area contributed by atoms with E-state index in [1.54, 1.807) is 12.4 Å². The van der Waals surface area contributed by atoms with Crippen molar-refractivity contribution in [3.05, 3.63) is 30.6 Å². The van der Waals surface area contributed by atoms with Gasteiger partial charge in [-0.3, -0.25) is 9.97 Å². The lowest BCUT2D eigenvalue weighted by Crippen LogP contribution is -2.28. The van der Waals surface area contributed by atoms with Crippen LogP contribution in [0.4, 0.5) is 5.69 Å². The van der Waals surface area contributed by atoms with Crippen LogP contribution < -0.4 is 5.32 Å². The zero-order valence-corrected chi connectivity index (χ0v) is 10.2. The second-order valence-corrected chi connectivity index (χ2v) is 4.91. The summed E-state index contributed by atoms with van der Waals surface area (Å²) in [6, 6.07) is 6.53. The summed E-state index contributed by atoms with van der Waals surface area (Å²) in [5, 5.41) is 13.0. The van der Waals surface area contributed by atoms with E-state index in [0.717, 1.165) is 42.4 Å². The molecule has 0 atom stereocenters. The molecule has 2 aromatic rings. The normalized spacial score (nSPS) is 24.1. The molecule has 1 aromatic carbocycles. The maximum atomic E-state index is 9.49. The third kappa shape index (κ3) is 2.43. The maximum absolute atomic E-state index is 9.49. The van der Waals surface area contributed by atoms with Crippen LogP contribution in [0.1, 0.15) is 25.7 Å². The Labute approximate surface area is 106 Å². The molecule has 4 nitrogen and oxygen atoms in total. The number of rotatable bonds is 2. The molecule has 0 aliphatic heterocycles. The van der Waals surface area contributed by atoms with Crippen molar-refractivity contribution in [2.24, 2.45) is 0 Å². The third-order valence-corrected chi connectivity index (χ3v) is 3.54. The molecule has 1 aromatic heterocycles. The largest absolute Gasteiger partial charge is 0.393 e. The van der Waals surface area contributed by atoms with E-state index in [9.17, 15) is 5.11 Å². The summed E-state index contributed by atoms with van der Waals surface area (Å²) in [6.45, 7) is 0. The average Bonchev–Trinajstić information content (AvgIpc) is 2.41. The topological polar surface area (TPSA) is 58.0 Å². The maximum Gasteiger partial charge on any atom is 0.0907 e. The fraction of sp³-hybridized carbons (Fsp3) is 0.429. The molecule has 4 heteroatoms. The van der Waals surface area contributed by atoms with Crippen molar-refractivity contribution in [3.8, 4) is 0 Å². The first-order chi connectivity index (χ1) is 8.81. The van der Waals surface area contributed by atoms with Crippen molar-refractivity contribution in [1.29, 1.82) is 0 Å². The molecule has 1 aliphatic carbocycles. The molecule has 1 aliphatic rings. The van der Waals surface area contributed by atoms with Crippen LogP contribution in [0.15, 0.2) is 30.6 Å². The Kier molecular flexibility index (Phi) is 3.11. The van der Waals surface area contributed by atoms with Gasteiger partial charge in [-0.15, -0.1) is 0 Å². The van der Waals surface area contributed by atoms with Crippen LogP contribution in [0, 0.1) is 0 Å². The van der Waals surface area contributed by atoms with Crippen LogP contribution in [0.25, 0.3) is 11.0 Å². The van der Waals surface area contributed by atoms with E-state index in [-0.39, 0.29) is 6.10 Å². The van der Waals surface area contributed by atoms with Crippen molar-refractivity contribution < 1.29 is 5.11 Å². The second kappa shape index (κ2) is 4.90. The van der Waals surface area contributed by atoms with Crippen LogP contribution in [0.3, 0.4) is 0 Å². The fourth-order valence-corrected chi connectivity index (χ4v) is 2.51. The van der Waals surface area contributed by atoms with Crippen LogP contribution in [-0.4, -0.2) is 27.2 Å². The van der Waals surface area contributed by atoms with Gasteiger partial charge in [0.15, 0.2) is 0 Å². The van der Waals surface area contributed by atoms with Gasteiger partial charge in [-0.25, -0.2) is 0 Å². The van der Waals surface area contributed by atoms with E-state index >= 15 is 0 Å². The molecular weight excluding hydrogens is 226 g/mol. The Hall–Kier alpha value is -1.68. The van der Waals surface area contributed by atoms with Gasteiger partial charge in [0.1, 0.15) is 0 Å². The molecule has 0 radical (unpaired) electrons. The Balaban J connectivity index is 1.74. The number of anilines is 1. The highest BCUT2D eigenvalue weighted by atomic mass is 16.3. The van der Waals surface area contributed by atoms with Crippen LogP contribution in [0.5, 0.6) is 0 Å². The fourth-order valence-electron chi connectivity index (χ4n) is 2.51. The van der Waals surface area contributed by atoms with Crippen LogP contribution in [-0.2, 0) is 0 Å². The first-order valence-electron chi connectivity index (χ1n) is 6.46. The number of fused-ring (bicyclic) bond motifs is 1. The molecule has 94 valence electrons. The molecule has 18 heavy (non-hydrogen) atoms. The summed E-state index contributed by atoms with van der Waals surface area (Å²) in [5.74, 6) is 0. The minimum absolute atomic E-state index is 0.106. The Morgan fingerprint density at radius 3 is 2.50 bits per heavy atom. The van der Waals surface area contributed by atoms with Crippen molar-refractivity contribution in [2.75, 3.05) is 5.32 Å². The predicted molar refractivity (Wildman–Crippen MR) is 71.4 cm³/mol. The lowest BCUT2D eigenvalue weighted by Gasteiger charge is -2.27. The lowest BCUT2D eigenvalue weighted by molar-refractivity contribution is 0.126. The molecule has 0 spiro atoms. The standard InChI is InChI=1S/C14H17N3O/c18-12-4-1-10(2-5-12)17-11-3-6-13-14(9-11)16-8-7-15-13/h3,6-10,12,17-18H,1-2,4-5H2. The highest BCUT2D eigenvalue weighted by Crippen LogP contribution is 2.23. The Morgan fingerprint density at radius 2 is 1.72 bits per heavy atom. The zero-order valence-electron chi connectivity index (χ0n) is 10.2. The van der Waals surface area contributed by atoms with Crippen LogP contribution in [0.2, 0.25) is 0 Å². The summed E-state index contributed by atoms with van der Waals surface area (Å²) in [5.41, 5.74) is 2.92. The number of aromatic nitrogens is 2. The number of aliphatic hydroxyl groups excluding tert-OH is 1. The molecule has 0 amide bonds. The van der Waals surface area contributed by atoms with E-state index in [1.165, 1.54) is 0 Å². The third-order valence-electron chi connectivity index (χ3n) is 3.54. The number of nitrogens with one attached hydrogen (secondary N) is 1. The van der Waals surface area contributed by atoms with Gasteiger partial charge in [0.2, 0.25) is 0 Å². The number of benzene rings is 1. The smallest absolute Gasteiger partial charge is 0.0907 e. The van der Waals surface area contributed by atoms with E-state index in [4.69, 9.17) is 0 Å². The molecular formula is C14H17N3O. The van der Waals surface area contributed by atoms with E-state index in [1.807, 2.05) is 18.2 Å². The molecule has 1 saturated carbocycles. The first-order valence-corrected chi connectivity index (χ1v) is 6.46. The molecule has 1 heterocycles. The molecule has 3 rings (SSSR count). The summed E-state index contributed by atoms with van der Waals surface area (Å²) in [4.78, 5) is 8.56. The SMILES string of the molecule is OC1CCC(Nc2ccc3nccnc3c2)CC1. The minimum Gasteiger partial charge on any atom is -0.393 e. The summed E-state index contributed by atoms with van der Waals surface area (Å²) in [7, 11) is 0. The monoisotopic (exact) mass is 243 g/mol. The van der Waals surface area contributed by atoms with E-state index in [0.29, 0.717) is 6.04 Å². The summed E-state index contributed by atoms with van der Waals surface area (Å²) < 4.78 is 0. The highest BCUT2D eigenvalue weighted by molar-refractivity contribution is 5.78. The number of aliphatic hydroxyl groups is 1. The number of nitrogens with zero attached hydrogens (tertiary/aromatic N) is 2. The summed E-state index contributed by atoms with van der Waals surface area (Å²) in [6.07, 6.45) is 7.15. The van der Waals surface area contributed by atoms with Gasteiger partial charge in [0, 0.05) is 24.1 Å². The van der Waals surface area contributed by atoms with Crippen molar-refractivity contribution in [2.45, 2.75) is 37.8 Å². The van der Waals surface area contributed by atoms with Gasteiger partial charge in [0.05, 0.1) is 17.1 Å². The summed E-state index contributed by atoms with van der Waals surface area (Å²) >= 11 is 0. The first kappa shape index (κ1) is 11.4. The van der Waals surface area contributed by atoms with E-state index in [2.05, 4.69) is 15.3 Å². The van der Waals surface area contributed by atoms with Crippen molar-refractivity contribution >= 4 is 16.7 Å². The van der Waals surface area contributed by atoms with Gasteiger partial charge in [-0.05, 0) is 43.9 Å². The quantitative estimate of drug-likeness (QED) is 0.850. The molecule has 0 unspecified atom stereocenters. The molecule has 0 saturated heterocycles. The van der Waals surface area contributed by atoms with Gasteiger partial charge in [0.25, 0.3) is 0 Å². The Morgan fingerprint density at radius 1 is 1.00 bits per heavy atom. The predicted octanol–water partition coefficient (Wildman–Crippen LogP) is 2.35. The molecule has 1 fully saturated rings. The molecule has 0 bridgehead atoms. The van der Waals surface area contributed by atoms with Gasteiger partial charge >= 0.3 is 0 Å². The minimum atomic E-state index is -0.106. The zero-order chi connectivity index (χ0) is 12.4. The van der Waals surface area contributed by atoms with E-state index < -0.39 is 0 Å². The highest BCUT2D eigenvalue weighted by Gasteiger charge is 2.18. The van der Waals surface area contributed by atoms with Gasteiger partial charge < -0.3 is 10.4 Å². The number of hydrogen-bond donors (Lipinski definition) is 2. The second-order valence-electron chi connectivity index (χ2n) is 4.91. The average molecular weight is 243 g/mol. The van der Waals surface area contributed by atoms with Crippen molar-refractivity contribution in [3.63, 3.8) is 0 Å². The Bertz CT molecular complexity index is 535. The van der Waals surface area contributed by atoms with Gasteiger partial charge in [-0.2, -0.15) is 0 Å². The van der Waals surface area contributed by atoms with Crippen LogP contribution >= 0.6 is 0 Å². The number of hydrogen-bond acceptors (Lipinski definition) is 4. The lowest BCUT2D eigenvalue weighted by atomic mass is 9.93. The molecule has 2 N–H and O–H groups in total. The van der Waals surface area contributed by atoms with Crippen molar-refractivity contribution in [1.82, 2.24) is 9.97 Å². The van der Waals surface area contributed by atoms with Gasteiger partial charge in [-0.1, -0.05) is 0 Å².